The van der Waals surface area contributed by atoms with E-state index in [9.17, 15) is 0 Å². The Morgan fingerprint density at radius 1 is 1.50 bits per heavy atom. The summed E-state index contributed by atoms with van der Waals surface area (Å²) in [6.07, 6.45) is 3.06. The Morgan fingerprint density at radius 2 is 2.22 bits per heavy atom. The van der Waals surface area contributed by atoms with Crippen molar-refractivity contribution in [2.45, 2.75) is 51.7 Å². The summed E-state index contributed by atoms with van der Waals surface area (Å²) in [5, 5.41) is 0.721. The average Bonchev–Trinajstić information content (AvgIpc) is 2.28. The molecule has 100 valence electrons. The van der Waals surface area contributed by atoms with Gasteiger partial charge in [-0.15, -0.1) is 0 Å². The molecule has 2 nitrogen and oxygen atoms in total. The first-order valence-electron chi connectivity index (χ1n) is 6.64. The smallest absolute Gasteiger partial charge is 0.125 e. The molecule has 1 unspecified atom stereocenters. The SMILES string of the molecule is CC(C)CCC1(C)C[C@H](N)c2cc(Cl)ccc2O1. The minimum Gasteiger partial charge on any atom is -0.487 e. The lowest BCUT2D eigenvalue weighted by atomic mass is 9.84. The van der Waals surface area contributed by atoms with E-state index in [4.69, 9.17) is 22.1 Å². The predicted molar refractivity (Wildman–Crippen MR) is 76.1 cm³/mol. The Balaban J connectivity index is 2.19. The lowest BCUT2D eigenvalue weighted by Crippen LogP contribution is -2.40. The van der Waals surface area contributed by atoms with E-state index < -0.39 is 0 Å². The molecule has 0 radical (unpaired) electrons. The summed E-state index contributed by atoms with van der Waals surface area (Å²) in [6.45, 7) is 6.63. The maximum absolute atomic E-state index is 6.26. The highest BCUT2D eigenvalue weighted by Crippen LogP contribution is 2.41. The first kappa shape index (κ1) is 13.7. The van der Waals surface area contributed by atoms with Gasteiger partial charge in [-0.25, -0.2) is 0 Å². The molecule has 0 aromatic heterocycles. The third kappa shape index (κ3) is 2.99. The van der Waals surface area contributed by atoms with E-state index in [0.29, 0.717) is 5.92 Å². The average molecular weight is 268 g/mol. The Hall–Kier alpha value is -0.730. The number of benzene rings is 1. The highest BCUT2D eigenvalue weighted by atomic mass is 35.5. The molecule has 0 fully saturated rings. The molecular formula is C15H22ClNO. The van der Waals surface area contributed by atoms with Gasteiger partial charge in [-0.05, 0) is 43.9 Å². The van der Waals surface area contributed by atoms with Crippen LogP contribution in [0, 0.1) is 5.92 Å². The fraction of sp³-hybridized carbons (Fsp3) is 0.600. The summed E-state index contributed by atoms with van der Waals surface area (Å²) < 4.78 is 6.16. The Labute approximate surface area is 114 Å². The second kappa shape index (κ2) is 5.10. The van der Waals surface area contributed by atoms with Crippen LogP contribution in [0.3, 0.4) is 0 Å². The van der Waals surface area contributed by atoms with E-state index >= 15 is 0 Å². The maximum atomic E-state index is 6.26. The highest BCUT2D eigenvalue weighted by molar-refractivity contribution is 6.30. The van der Waals surface area contributed by atoms with Gasteiger partial charge in [-0.2, -0.15) is 0 Å². The van der Waals surface area contributed by atoms with Gasteiger partial charge in [0.25, 0.3) is 0 Å². The minimum absolute atomic E-state index is 0.0182. The van der Waals surface area contributed by atoms with E-state index in [1.54, 1.807) is 0 Å². The summed E-state index contributed by atoms with van der Waals surface area (Å²) in [6, 6.07) is 5.74. The molecule has 0 spiro atoms. The van der Waals surface area contributed by atoms with Gasteiger partial charge in [0.1, 0.15) is 11.4 Å². The number of fused-ring (bicyclic) bond motifs is 1. The summed E-state index contributed by atoms with van der Waals surface area (Å²) in [7, 11) is 0. The number of rotatable bonds is 3. The standard InChI is InChI=1S/C15H22ClNO/c1-10(2)6-7-15(3)9-13(17)12-8-11(16)4-5-14(12)18-15/h4-5,8,10,13H,6-7,9,17H2,1-3H3/t13-,15?/m0/s1. The Morgan fingerprint density at radius 3 is 2.89 bits per heavy atom. The normalized spacial score (nSPS) is 26.9. The van der Waals surface area contributed by atoms with Gasteiger partial charge >= 0.3 is 0 Å². The van der Waals surface area contributed by atoms with E-state index in [1.165, 1.54) is 0 Å². The van der Waals surface area contributed by atoms with Crippen LogP contribution in [0.15, 0.2) is 18.2 Å². The second-order valence-electron chi connectivity index (χ2n) is 5.98. The van der Waals surface area contributed by atoms with Crippen molar-refractivity contribution in [3.63, 3.8) is 0 Å². The van der Waals surface area contributed by atoms with Crippen LogP contribution in [0.25, 0.3) is 0 Å². The fourth-order valence-electron chi connectivity index (χ4n) is 2.53. The zero-order valence-corrected chi connectivity index (χ0v) is 12.1. The number of hydrogen-bond acceptors (Lipinski definition) is 2. The molecular weight excluding hydrogens is 246 g/mol. The first-order chi connectivity index (χ1) is 8.39. The highest BCUT2D eigenvalue weighted by Gasteiger charge is 2.35. The molecule has 1 aliphatic rings. The van der Waals surface area contributed by atoms with Crippen molar-refractivity contribution in [2.24, 2.45) is 11.7 Å². The van der Waals surface area contributed by atoms with Gasteiger partial charge in [0, 0.05) is 23.0 Å². The van der Waals surface area contributed by atoms with Crippen LogP contribution < -0.4 is 10.5 Å². The first-order valence-corrected chi connectivity index (χ1v) is 7.01. The minimum atomic E-state index is -0.148. The molecule has 1 aromatic carbocycles. The molecule has 18 heavy (non-hydrogen) atoms. The van der Waals surface area contributed by atoms with Gasteiger partial charge in [0.15, 0.2) is 0 Å². The summed E-state index contributed by atoms with van der Waals surface area (Å²) in [5.41, 5.74) is 7.14. The van der Waals surface area contributed by atoms with Crippen molar-refractivity contribution < 1.29 is 4.74 Å². The van der Waals surface area contributed by atoms with Gasteiger partial charge < -0.3 is 10.5 Å². The van der Waals surface area contributed by atoms with E-state index in [-0.39, 0.29) is 11.6 Å². The molecule has 0 saturated heterocycles. The van der Waals surface area contributed by atoms with E-state index in [2.05, 4.69) is 20.8 Å². The molecule has 2 rings (SSSR count). The van der Waals surface area contributed by atoms with E-state index in [0.717, 1.165) is 35.6 Å². The lowest BCUT2D eigenvalue weighted by Gasteiger charge is -2.39. The Kier molecular flexibility index (Phi) is 3.88. The van der Waals surface area contributed by atoms with Crippen molar-refractivity contribution in [3.05, 3.63) is 28.8 Å². The largest absolute Gasteiger partial charge is 0.487 e. The van der Waals surface area contributed by atoms with Crippen LogP contribution in [0.4, 0.5) is 0 Å². The van der Waals surface area contributed by atoms with Crippen LogP contribution in [-0.4, -0.2) is 5.60 Å². The second-order valence-corrected chi connectivity index (χ2v) is 6.41. The molecule has 3 heteroatoms. The third-order valence-electron chi connectivity index (χ3n) is 3.63. The fourth-order valence-corrected chi connectivity index (χ4v) is 2.71. The van der Waals surface area contributed by atoms with Crippen LogP contribution >= 0.6 is 11.6 Å². The van der Waals surface area contributed by atoms with Crippen LogP contribution in [-0.2, 0) is 0 Å². The van der Waals surface area contributed by atoms with Gasteiger partial charge in [0.2, 0.25) is 0 Å². The van der Waals surface area contributed by atoms with Crippen LogP contribution in [0.2, 0.25) is 5.02 Å². The zero-order chi connectivity index (χ0) is 13.3. The van der Waals surface area contributed by atoms with Crippen molar-refractivity contribution >= 4 is 11.6 Å². The topological polar surface area (TPSA) is 35.2 Å². The molecule has 1 heterocycles. The Bertz CT molecular complexity index is 433. The predicted octanol–water partition coefficient (Wildman–Crippen LogP) is 4.32. The number of nitrogens with two attached hydrogens (primary N) is 1. The summed E-state index contributed by atoms with van der Waals surface area (Å²) in [4.78, 5) is 0. The quantitative estimate of drug-likeness (QED) is 0.885. The molecule has 2 N–H and O–H groups in total. The third-order valence-corrected chi connectivity index (χ3v) is 3.86. The molecule has 0 bridgehead atoms. The molecule has 0 amide bonds. The van der Waals surface area contributed by atoms with Gasteiger partial charge in [-0.1, -0.05) is 25.4 Å². The van der Waals surface area contributed by atoms with Crippen LogP contribution in [0.5, 0.6) is 5.75 Å². The molecule has 2 atom stereocenters. The number of hydrogen-bond donors (Lipinski definition) is 1. The van der Waals surface area contributed by atoms with Crippen molar-refractivity contribution in [2.75, 3.05) is 0 Å². The van der Waals surface area contributed by atoms with Crippen LogP contribution in [0.1, 0.15) is 51.6 Å². The lowest BCUT2D eigenvalue weighted by molar-refractivity contribution is 0.0405. The molecule has 0 saturated carbocycles. The van der Waals surface area contributed by atoms with Crippen molar-refractivity contribution in [3.8, 4) is 5.75 Å². The molecule has 1 aliphatic heterocycles. The number of ether oxygens (including phenoxy) is 1. The monoisotopic (exact) mass is 267 g/mol. The summed E-state index contributed by atoms with van der Waals surface area (Å²) >= 11 is 6.00. The van der Waals surface area contributed by atoms with Crippen molar-refractivity contribution in [1.29, 1.82) is 0 Å². The van der Waals surface area contributed by atoms with Gasteiger partial charge in [0.05, 0.1) is 0 Å². The summed E-state index contributed by atoms with van der Waals surface area (Å²) in [5.74, 6) is 1.58. The van der Waals surface area contributed by atoms with Gasteiger partial charge in [-0.3, -0.25) is 0 Å². The zero-order valence-electron chi connectivity index (χ0n) is 11.4. The number of halogens is 1. The molecule has 1 aromatic rings. The molecule has 0 aliphatic carbocycles. The van der Waals surface area contributed by atoms with E-state index in [1.807, 2.05) is 18.2 Å². The maximum Gasteiger partial charge on any atom is 0.125 e. The van der Waals surface area contributed by atoms with Crippen molar-refractivity contribution in [1.82, 2.24) is 0 Å².